The van der Waals surface area contributed by atoms with E-state index < -0.39 is 5.82 Å². The average molecular weight is 309 g/mol. The molecular formula is C15H14ClFN2S. The van der Waals surface area contributed by atoms with Gasteiger partial charge in [0.2, 0.25) is 0 Å². The van der Waals surface area contributed by atoms with Crippen LogP contribution in [0.25, 0.3) is 0 Å². The predicted molar refractivity (Wildman–Crippen MR) is 85.6 cm³/mol. The predicted octanol–water partition coefficient (Wildman–Crippen LogP) is 4.53. The quantitative estimate of drug-likeness (QED) is 0.815. The lowest BCUT2D eigenvalue weighted by molar-refractivity contribution is 0.628. The highest BCUT2D eigenvalue weighted by Crippen LogP contribution is 2.19. The second kappa shape index (κ2) is 6.68. The van der Waals surface area contributed by atoms with Crippen molar-refractivity contribution in [3.63, 3.8) is 0 Å². The standard InChI is InChI=1S/C15H14ClFN2S/c1-10(11-5-3-2-4-6-11)18-15(20)19-12-7-8-14(17)13(16)9-12/h2-10H,1H3,(H2,18,19,20)/t10-/m1/s1. The van der Waals surface area contributed by atoms with Gasteiger partial charge >= 0.3 is 0 Å². The Kier molecular flexibility index (Phi) is 4.93. The fourth-order valence-electron chi connectivity index (χ4n) is 1.76. The third-order valence-electron chi connectivity index (χ3n) is 2.82. The van der Waals surface area contributed by atoms with E-state index in [1.165, 1.54) is 12.1 Å². The zero-order valence-electron chi connectivity index (χ0n) is 10.9. The van der Waals surface area contributed by atoms with Crippen molar-refractivity contribution >= 4 is 34.6 Å². The highest BCUT2D eigenvalue weighted by Gasteiger charge is 2.07. The van der Waals surface area contributed by atoms with Gasteiger partial charge in [-0.15, -0.1) is 0 Å². The first-order valence-corrected chi connectivity index (χ1v) is 6.92. The maximum atomic E-state index is 13.1. The van der Waals surface area contributed by atoms with E-state index in [1.807, 2.05) is 37.3 Å². The highest BCUT2D eigenvalue weighted by molar-refractivity contribution is 7.80. The zero-order chi connectivity index (χ0) is 14.5. The Morgan fingerprint density at radius 2 is 1.90 bits per heavy atom. The second-order valence-electron chi connectivity index (χ2n) is 4.36. The van der Waals surface area contributed by atoms with Crippen LogP contribution in [0.15, 0.2) is 48.5 Å². The molecule has 0 aliphatic carbocycles. The minimum Gasteiger partial charge on any atom is -0.356 e. The highest BCUT2D eigenvalue weighted by atomic mass is 35.5. The van der Waals surface area contributed by atoms with Gasteiger partial charge in [0.15, 0.2) is 5.11 Å². The molecule has 2 rings (SSSR count). The first kappa shape index (κ1) is 14.8. The van der Waals surface area contributed by atoms with Gasteiger partial charge in [0, 0.05) is 5.69 Å². The summed E-state index contributed by atoms with van der Waals surface area (Å²) in [6.45, 7) is 2.01. The molecule has 2 N–H and O–H groups in total. The van der Waals surface area contributed by atoms with E-state index in [1.54, 1.807) is 6.07 Å². The Morgan fingerprint density at radius 1 is 1.20 bits per heavy atom. The minimum absolute atomic E-state index is 0.0638. The molecule has 104 valence electrons. The summed E-state index contributed by atoms with van der Waals surface area (Å²) < 4.78 is 13.1. The molecule has 0 aliphatic rings. The van der Waals surface area contributed by atoms with E-state index in [4.69, 9.17) is 23.8 Å². The van der Waals surface area contributed by atoms with Gasteiger partial charge in [0.05, 0.1) is 11.1 Å². The summed E-state index contributed by atoms with van der Waals surface area (Å²) in [6.07, 6.45) is 0. The monoisotopic (exact) mass is 308 g/mol. The van der Waals surface area contributed by atoms with Crippen molar-refractivity contribution in [3.8, 4) is 0 Å². The molecule has 5 heteroatoms. The van der Waals surface area contributed by atoms with E-state index in [0.29, 0.717) is 10.8 Å². The molecular weight excluding hydrogens is 295 g/mol. The fraction of sp³-hybridized carbons (Fsp3) is 0.133. The Morgan fingerprint density at radius 3 is 2.55 bits per heavy atom. The van der Waals surface area contributed by atoms with Crippen LogP contribution in [0.5, 0.6) is 0 Å². The van der Waals surface area contributed by atoms with E-state index in [2.05, 4.69) is 10.6 Å². The Balaban J connectivity index is 1.97. The molecule has 0 saturated carbocycles. The van der Waals surface area contributed by atoms with E-state index in [0.717, 1.165) is 5.56 Å². The number of hydrogen-bond donors (Lipinski definition) is 2. The van der Waals surface area contributed by atoms with Gasteiger partial charge in [0.1, 0.15) is 5.82 Å². The molecule has 0 radical (unpaired) electrons. The molecule has 2 aromatic carbocycles. The summed E-state index contributed by atoms with van der Waals surface area (Å²) in [5.74, 6) is -0.450. The van der Waals surface area contributed by atoms with Crippen LogP contribution in [0, 0.1) is 5.82 Å². The third-order valence-corrected chi connectivity index (χ3v) is 3.33. The molecule has 20 heavy (non-hydrogen) atoms. The number of nitrogens with one attached hydrogen (secondary N) is 2. The van der Waals surface area contributed by atoms with Gasteiger partial charge in [-0.1, -0.05) is 41.9 Å². The summed E-state index contributed by atoms with van der Waals surface area (Å²) in [5, 5.41) is 6.67. The zero-order valence-corrected chi connectivity index (χ0v) is 12.4. The summed E-state index contributed by atoms with van der Waals surface area (Å²) >= 11 is 10.9. The SMILES string of the molecule is C[C@@H](NC(=S)Nc1ccc(F)c(Cl)c1)c1ccccc1. The topological polar surface area (TPSA) is 24.1 Å². The van der Waals surface area contributed by atoms with Gasteiger partial charge in [-0.2, -0.15) is 0 Å². The van der Waals surface area contributed by atoms with E-state index >= 15 is 0 Å². The van der Waals surface area contributed by atoms with Crippen molar-refractivity contribution in [2.45, 2.75) is 13.0 Å². The van der Waals surface area contributed by atoms with Gasteiger partial charge in [-0.3, -0.25) is 0 Å². The molecule has 0 spiro atoms. The second-order valence-corrected chi connectivity index (χ2v) is 5.18. The normalized spacial score (nSPS) is 11.8. The van der Waals surface area contributed by atoms with Crippen molar-refractivity contribution in [3.05, 3.63) is 64.9 Å². The minimum atomic E-state index is -0.450. The first-order valence-electron chi connectivity index (χ1n) is 6.14. The van der Waals surface area contributed by atoms with Crippen LogP contribution in [-0.2, 0) is 0 Å². The largest absolute Gasteiger partial charge is 0.356 e. The van der Waals surface area contributed by atoms with Gasteiger partial charge in [-0.25, -0.2) is 4.39 Å². The van der Waals surface area contributed by atoms with Crippen molar-refractivity contribution in [1.29, 1.82) is 0 Å². The van der Waals surface area contributed by atoms with Crippen LogP contribution >= 0.6 is 23.8 Å². The van der Waals surface area contributed by atoms with Crippen LogP contribution in [-0.4, -0.2) is 5.11 Å². The van der Waals surface area contributed by atoms with Crippen molar-refractivity contribution in [1.82, 2.24) is 5.32 Å². The number of thiocarbonyl (C=S) groups is 1. The van der Waals surface area contributed by atoms with Crippen molar-refractivity contribution < 1.29 is 4.39 Å². The van der Waals surface area contributed by atoms with Crippen LogP contribution in [0.4, 0.5) is 10.1 Å². The third kappa shape index (κ3) is 3.92. The van der Waals surface area contributed by atoms with Gasteiger partial charge in [-0.05, 0) is 42.9 Å². The molecule has 0 aromatic heterocycles. The Hall–Kier alpha value is -1.65. The summed E-state index contributed by atoms with van der Waals surface area (Å²) in [5.41, 5.74) is 1.78. The summed E-state index contributed by atoms with van der Waals surface area (Å²) in [7, 11) is 0. The lowest BCUT2D eigenvalue weighted by Crippen LogP contribution is -2.30. The molecule has 0 saturated heterocycles. The van der Waals surface area contributed by atoms with Gasteiger partial charge in [0.25, 0.3) is 0 Å². The first-order chi connectivity index (χ1) is 9.56. The molecule has 0 amide bonds. The smallest absolute Gasteiger partial charge is 0.171 e. The van der Waals surface area contributed by atoms with Crippen LogP contribution in [0.2, 0.25) is 5.02 Å². The lowest BCUT2D eigenvalue weighted by atomic mass is 10.1. The van der Waals surface area contributed by atoms with E-state index in [-0.39, 0.29) is 11.1 Å². The van der Waals surface area contributed by atoms with Crippen molar-refractivity contribution in [2.75, 3.05) is 5.32 Å². The summed E-state index contributed by atoms with van der Waals surface area (Å²) in [6, 6.07) is 14.4. The molecule has 2 aromatic rings. The van der Waals surface area contributed by atoms with Crippen LogP contribution in [0.3, 0.4) is 0 Å². The molecule has 0 heterocycles. The number of anilines is 1. The molecule has 0 bridgehead atoms. The number of rotatable bonds is 3. The Labute approximate surface area is 128 Å². The maximum Gasteiger partial charge on any atom is 0.171 e. The van der Waals surface area contributed by atoms with Crippen LogP contribution < -0.4 is 10.6 Å². The molecule has 1 atom stereocenters. The van der Waals surface area contributed by atoms with Crippen molar-refractivity contribution in [2.24, 2.45) is 0 Å². The average Bonchev–Trinajstić information content (AvgIpc) is 2.44. The molecule has 0 unspecified atom stereocenters. The number of benzene rings is 2. The molecule has 0 fully saturated rings. The van der Waals surface area contributed by atoms with Crippen LogP contribution in [0.1, 0.15) is 18.5 Å². The molecule has 0 aliphatic heterocycles. The maximum absolute atomic E-state index is 13.1. The Bertz CT molecular complexity index is 604. The molecule has 2 nitrogen and oxygen atoms in total. The van der Waals surface area contributed by atoms with Gasteiger partial charge < -0.3 is 10.6 Å². The summed E-state index contributed by atoms with van der Waals surface area (Å²) in [4.78, 5) is 0. The van der Waals surface area contributed by atoms with E-state index in [9.17, 15) is 4.39 Å². The fourth-order valence-corrected chi connectivity index (χ4v) is 2.24. The number of hydrogen-bond acceptors (Lipinski definition) is 1. The number of halogens is 2. The lowest BCUT2D eigenvalue weighted by Gasteiger charge is -2.17.